The van der Waals surface area contributed by atoms with Gasteiger partial charge in [0.25, 0.3) is 0 Å². The fourth-order valence-electron chi connectivity index (χ4n) is 1.30. The van der Waals surface area contributed by atoms with Gasteiger partial charge in [-0.15, -0.1) is 0 Å². The maximum Gasteiger partial charge on any atom is 0.209 e. The zero-order valence-electron chi connectivity index (χ0n) is 8.08. The summed E-state index contributed by atoms with van der Waals surface area (Å²) >= 11 is 0. The highest BCUT2D eigenvalue weighted by Crippen LogP contribution is 2.17. The second-order valence-electron chi connectivity index (χ2n) is 3.12. The van der Waals surface area contributed by atoms with Crippen LogP contribution in [-0.2, 0) is 6.54 Å². The number of nitrogens with two attached hydrogens (primary N) is 1. The molecular formula is C10H13N3O. The minimum absolute atomic E-state index is 0.658. The molecule has 0 aliphatic carbocycles. The van der Waals surface area contributed by atoms with Crippen LogP contribution in [0.5, 0.6) is 0 Å². The Kier molecular flexibility index (Phi) is 2.37. The van der Waals surface area contributed by atoms with Crippen molar-refractivity contribution in [2.45, 2.75) is 13.5 Å². The Labute approximate surface area is 82.1 Å². The van der Waals surface area contributed by atoms with Gasteiger partial charge in [-0.1, -0.05) is 6.92 Å². The highest BCUT2D eigenvalue weighted by Gasteiger charge is 2.04. The molecule has 4 heteroatoms. The first-order valence-electron chi connectivity index (χ1n) is 4.65. The molecule has 74 valence electrons. The number of hydrogen-bond donors (Lipinski definition) is 2. The average Bonchev–Trinajstić information content (AvgIpc) is 2.56. The molecule has 14 heavy (non-hydrogen) atoms. The van der Waals surface area contributed by atoms with Crippen molar-refractivity contribution in [2.24, 2.45) is 0 Å². The summed E-state index contributed by atoms with van der Waals surface area (Å²) in [5.74, 6) is 0.701. The lowest BCUT2D eigenvalue weighted by atomic mass is 10.3. The molecule has 0 fully saturated rings. The topological polar surface area (TPSA) is 64.1 Å². The highest BCUT2D eigenvalue weighted by atomic mass is 16.3. The van der Waals surface area contributed by atoms with E-state index in [1.807, 2.05) is 19.1 Å². The van der Waals surface area contributed by atoms with Crippen molar-refractivity contribution in [3.63, 3.8) is 0 Å². The Morgan fingerprint density at radius 2 is 2.36 bits per heavy atom. The molecule has 2 aromatic rings. The second-order valence-corrected chi connectivity index (χ2v) is 3.12. The van der Waals surface area contributed by atoms with Crippen LogP contribution in [0.2, 0.25) is 0 Å². The van der Waals surface area contributed by atoms with E-state index >= 15 is 0 Å². The molecule has 0 spiro atoms. The fraction of sp³-hybridized carbons (Fsp3) is 0.300. The zero-order valence-corrected chi connectivity index (χ0v) is 8.08. The van der Waals surface area contributed by atoms with E-state index in [2.05, 4.69) is 10.3 Å². The normalized spacial score (nSPS) is 10.9. The number of fused-ring (bicyclic) bond motifs is 1. The lowest BCUT2D eigenvalue weighted by molar-refractivity contribution is 0.501. The zero-order chi connectivity index (χ0) is 9.97. The first kappa shape index (κ1) is 9.02. The van der Waals surface area contributed by atoms with Crippen LogP contribution in [0.4, 0.5) is 5.69 Å². The van der Waals surface area contributed by atoms with Crippen molar-refractivity contribution in [1.29, 1.82) is 0 Å². The Bertz CT molecular complexity index is 436. The van der Waals surface area contributed by atoms with Gasteiger partial charge in [-0.25, -0.2) is 4.98 Å². The van der Waals surface area contributed by atoms with Crippen LogP contribution in [0.15, 0.2) is 22.6 Å². The van der Waals surface area contributed by atoms with Gasteiger partial charge >= 0.3 is 0 Å². The first-order valence-corrected chi connectivity index (χ1v) is 4.65. The van der Waals surface area contributed by atoms with Crippen LogP contribution < -0.4 is 11.1 Å². The van der Waals surface area contributed by atoms with Crippen molar-refractivity contribution in [3.8, 4) is 0 Å². The molecule has 0 unspecified atom stereocenters. The third kappa shape index (κ3) is 1.70. The number of benzene rings is 1. The summed E-state index contributed by atoms with van der Waals surface area (Å²) in [5, 5.41) is 3.15. The number of rotatable bonds is 3. The van der Waals surface area contributed by atoms with Crippen molar-refractivity contribution in [1.82, 2.24) is 10.3 Å². The van der Waals surface area contributed by atoms with Crippen LogP contribution in [0.1, 0.15) is 12.8 Å². The third-order valence-corrected chi connectivity index (χ3v) is 1.98. The monoisotopic (exact) mass is 191 g/mol. The number of nitrogens with zero attached hydrogens (tertiary/aromatic N) is 1. The summed E-state index contributed by atoms with van der Waals surface area (Å²) in [5.41, 5.74) is 7.93. The van der Waals surface area contributed by atoms with E-state index in [1.165, 1.54) is 0 Å². The van der Waals surface area contributed by atoms with Crippen LogP contribution in [0.25, 0.3) is 11.1 Å². The van der Waals surface area contributed by atoms with Crippen molar-refractivity contribution >= 4 is 16.8 Å². The summed E-state index contributed by atoms with van der Waals surface area (Å²) in [6, 6.07) is 5.48. The van der Waals surface area contributed by atoms with Crippen molar-refractivity contribution in [3.05, 3.63) is 24.1 Å². The van der Waals surface area contributed by atoms with E-state index in [0.717, 1.165) is 17.6 Å². The maximum absolute atomic E-state index is 5.63. The maximum atomic E-state index is 5.63. The lowest BCUT2D eigenvalue weighted by Gasteiger charge is -1.93. The van der Waals surface area contributed by atoms with Gasteiger partial charge in [-0.3, -0.25) is 0 Å². The predicted molar refractivity (Wildman–Crippen MR) is 55.8 cm³/mol. The first-order chi connectivity index (χ1) is 6.79. The standard InChI is InChI=1S/C10H13N3O/c1-2-12-6-10-13-8-4-3-7(11)5-9(8)14-10/h3-5,12H,2,6,11H2,1H3. The summed E-state index contributed by atoms with van der Waals surface area (Å²) in [6.45, 7) is 3.60. The molecule has 1 heterocycles. The van der Waals surface area contributed by atoms with Crippen LogP contribution in [0, 0.1) is 0 Å². The molecule has 0 radical (unpaired) electrons. The summed E-state index contributed by atoms with van der Waals surface area (Å²) < 4.78 is 5.50. The van der Waals surface area contributed by atoms with Gasteiger partial charge in [0, 0.05) is 11.8 Å². The Morgan fingerprint density at radius 3 is 3.14 bits per heavy atom. The SMILES string of the molecule is CCNCc1nc2ccc(N)cc2o1. The van der Waals surface area contributed by atoms with Gasteiger partial charge in [0.15, 0.2) is 5.58 Å². The molecule has 1 aromatic carbocycles. The molecule has 0 saturated carbocycles. The van der Waals surface area contributed by atoms with Gasteiger partial charge in [0.1, 0.15) is 5.52 Å². The largest absolute Gasteiger partial charge is 0.439 e. The molecule has 0 aliphatic rings. The average molecular weight is 191 g/mol. The molecule has 0 bridgehead atoms. The number of nitrogen functional groups attached to an aromatic ring is 1. The molecule has 4 nitrogen and oxygen atoms in total. The summed E-state index contributed by atoms with van der Waals surface area (Å²) in [4.78, 5) is 4.31. The summed E-state index contributed by atoms with van der Waals surface area (Å²) in [7, 11) is 0. The Balaban J connectivity index is 2.32. The number of aromatic nitrogens is 1. The van der Waals surface area contributed by atoms with E-state index in [1.54, 1.807) is 6.07 Å². The number of nitrogens with one attached hydrogen (secondary N) is 1. The van der Waals surface area contributed by atoms with Crippen LogP contribution in [-0.4, -0.2) is 11.5 Å². The molecule has 0 aliphatic heterocycles. The molecule has 3 N–H and O–H groups in total. The Hall–Kier alpha value is -1.55. The van der Waals surface area contributed by atoms with Gasteiger partial charge in [0.2, 0.25) is 5.89 Å². The lowest BCUT2D eigenvalue weighted by Crippen LogP contribution is -2.11. The number of oxazole rings is 1. The molecular weight excluding hydrogens is 178 g/mol. The number of hydrogen-bond acceptors (Lipinski definition) is 4. The van der Waals surface area contributed by atoms with Crippen molar-refractivity contribution in [2.75, 3.05) is 12.3 Å². The smallest absolute Gasteiger partial charge is 0.209 e. The molecule has 1 aromatic heterocycles. The fourth-order valence-corrected chi connectivity index (χ4v) is 1.30. The van der Waals surface area contributed by atoms with E-state index in [-0.39, 0.29) is 0 Å². The minimum atomic E-state index is 0.658. The van der Waals surface area contributed by atoms with E-state index in [4.69, 9.17) is 10.2 Å². The summed E-state index contributed by atoms with van der Waals surface area (Å²) in [6.07, 6.45) is 0. The number of anilines is 1. The molecule has 2 rings (SSSR count). The van der Waals surface area contributed by atoms with Gasteiger partial charge in [-0.2, -0.15) is 0 Å². The van der Waals surface area contributed by atoms with E-state index < -0.39 is 0 Å². The van der Waals surface area contributed by atoms with Crippen molar-refractivity contribution < 1.29 is 4.42 Å². The van der Waals surface area contributed by atoms with E-state index in [9.17, 15) is 0 Å². The molecule has 0 atom stereocenters. The molecule has 0 saturated heterocycles. The second kappa shape index (κ2) is 3.67. The van der Waals surface area contributed by atoms with E-state index in [0.29, 0.717) is 18.1 Å². The van der Waals surface area contributed by atoms with Crippen LogP contribution in [0.3, 0.4) is 0 Å². The Morgan fingerprint density at radius 1 is 1.50 bits per heavy atom. The molecule has 0 amide bonds. The van der Waals surface area contributed by atoms with Gasteiger partial charge in [-0.05, 0) is 18.7 Å². The highest BCUT2D eigenvalue weighted by molar-refractivity contribution is 5.76. The predicted octanol–water partition coefficient (Wildman–Crippen LogP) is 1.52. The minimum Gasteiger partial charge on any atom is -0.439 e. The van der Waals surface area contributed by atoms with Gasteiger partial charge in [0.05, 0.1) is 6.54 Å². The third-order valence-electron chi connectivity index (χ3n) is 1.98. The quantitative estimate of drug-likeness (QED) is 0.722. The van der Waals surface area contributed by atoms with Crippen LogP contribution >= 0.6 is 0 Å². The van der Waals surface area contributed by atoms with Gasteiger partial charge < -0.3 is 15.5 Å².